The first-order chi connectivity index (χ1) is 14.6. The van der Waals surface area contributed by atoms with Crippen LogP contribution < -0.4 is 10.5 Å². The molecule has 0 spiro atoms. The maximum Gasteiger partial charge on any atom is 0.258 e. The Morgan fingerprint density at radius 1 is 1.23 bits per heavy atom. The molecule has 0 bridgehead atoms. The van der Waals surface area contributed by atoms with Gasteiger partial charge < -0.3 is 14.8 Å². The number of hydrogen-bond acceptors (Lipinski definition) is 5. The van der Waals surface area contributed by atoms with E-state index in [2.05, 4.69) is 15.0 Å². The minimum absolute atomic E-state index is 0.0285. The van der Waals surface area contributed by atoms with Gasteiger partial charge in [0.25, 0.3) is 11.5 Å². The molecule has 1 amide bonds. The van der Waals surface area contributed by atoms with E-state index < -0.39 is 0 Å². The van der Waals surface area contributed by atoms with Gasteiger partial charge in [-0.25, -0.2) is 9.97 Å². The smallest absolute Gasteiger partial charge is 0.258 e. The van der Waals surface area contributed by atoms with Crippen molar-refractivity contribution in [2.45, 2.75) is 32.7 Å². The lowest BCUT2D eigenvalue weighted by molar-refractivity contribution is 0.0724. The second-order valence-electron chi connectivity index (χ2n) is 7.43. The molecule has 1 saturated heterocycles. The zero-order valence-electron chi connectivity index (χ0n) is 16.9. The van der Waals surface area contributed by atoms with Crippen LogP contribution in [0.1, 0.15) is 42.4 Å². The van der Waals surface area contributed by atoms with Crippen LogP contribution in [0.3, 0.4) is 0 Å². The summed E-state index contributed by atoms with van der Waals surface area (Å²) in [5.74, 6) is 1.07. The molecule has 30 heavy (non-hydrogen) atoms. The average molecular weight is 426 g/mol. The number of nitrogens with zero attached hydrogens (tertiary/aromatic N) is 4. The van der Waals surface area contributed by atoms with E-state index in [4.69, 9.17) is 11.6 Å². The van der Waals surface area contributed by atoms with Crippen LogP contribution in [0.25, 0.3) is 10.9 Å². The summed E-state index contributed by atoms with van der Waals surface area (Å²) in [5.41, 5.74) is 0.973. The fraction of sp³-hybridized carbons (Fsp3) is 0.364. The average Bonchev–Trinajstić information content (AvgIpc) is 2.78. The van der Waals surface area contributed by atoms with Gasteiger partial charge in [-0.15, -0.1) is 0 Å². The quantitative estimate of drug-likeness (QED) is 0.675. The largest absolute Gasteiger partial charge is 0.348 e. The molecule has 0 radical (unpaired) electrons. The molecule has 1 aliphatic rings. The van der Waals surface area contributed by atoms with E-state index in [1.165, 1.54) is 0 Å². The molecule has 3 heterocycles. The Morgan fingerprint density at radius 2 is 2.00 bits per heavy atom. The SMILES string of the molecule is CCN(Cc1nc2ccccc2c(=O)[nH]1)c1ncc(C(=O)N2CCCCC2)cc1Cl. The zero-order chi connectivity index (χ0) is 21.1. The Balaban J connectivity index is 1.57. The van der Waals surface area contributed by atoms with E-state index in [0.29, 0.717) is 46.2 Å². The molecule has 7 nitrogen and oxygen atoms in total. The molecule has 2 aromatic heterocycles. The minimum atomic E-state index is -0.173. The first-order valence-corrected chi connectivity index (χ1v) is 10.6. The van der Waals surface area contributed by atoms with Gasteiger partial charge >= 0.3 is 0 Å². The molecule has 3 aromatic rings. The van der Waals surface area contributed by atoms with Gasteiger partial charge in [0.1, 0.15) is 11.6 Å². The molecule has 1 fully saturated rings. The summed E-state index contributed by atoms with van der Waals surface area (Å²) < 4.78 is 0. The fourth-order valence-corrected chi connectivity index (χ4v) is 4.07. The van der Waals surface area contributed by atoms with E-state index in [0.717, 1.165) is 32.4 Å². The predicted molar refractivity (Wildman–Crippen MR) is 118 cm³/mol. The number of pyridine rings is 1. The number of para-hydroxylation sites is 1. The molecule has 0 unspecified atom stereocenters. The minimum Gasteiger partial charge on any atom is -0.348 e. The number of H-pyrrole nitrogens is 1. The van der Waals surface area contributed by atoms with E-state index in [1.807, 2.05) is 34.9 Å². The van der Waals surface area contributed by atoms with Crippen molar-refractivity contribution in [3.05, 3.63) is 63.3 Å². The van der Waals surface area contributed by atoms with E-state index in [9.17, 15) is 9.59 Å². The van der Waals surface area contributed by atoms with Gasteiger partial charge in [-0.1, -0.05) is 23.7 Å². The highest BCUT2D eigenvalue weighted by atomic mass is 35.5. The molecule has 8 heteroatoms. The van der Waals surface area contributed by atoms with Crippen LogP contribution in [0.5, 0.6) is 0 Å². The molecule has 0 saturated carbocycles. The molecular formula is C22H24ClN5O2. The van der Waals surface area contributed by atoms with Crippen LogP contribution in [-0.2, 0) is 6.54 Å². The number of fused-ring (bicyclic) bond motifs is 1. The number of piperidine rings is 1. The molecule has 0 aliphatic carbocycles. The number of halogens is 1. The van der Waals surface area contributed by atoms with Crippen molar-refractivity contribution in [1.29, 1.82) is 0 Å². The predicted octanol–water partition coefficient (Wildman–Crippen LogP) is 3.62. The summed E-state index contributed by atoms with van der Waals surface area (Å²) in [4.78, 5) is 40.7. The Morgan fingerprint density at radius 3 is 2.73 bits per heavy atom. The van der Waals surface area contributed by atoms with Crippen molar-refractivity contribution >= 4 is 34.2 Å². The zero-order valence-corrected chi connectivity index (χ0v) is 17.7. The second kappa shape index (κ2) is 8.83. The third-order valence-corrected chi connectivity index (χ3v) is 5.67. The van der Waals surface area contributed by atoms with Gasteiger partial charge in [0.15, 0.2) is 0 Å². The van der Waals surface area contributed by atoms with E-state index in [-0.39, 0.29) is 11.5 Å². The molecule has 4 rings (SSSR count). The molecule has 1 N–H and O–H groups in total. The Kier molecular flexibility index (Phi) is 5.99. The first-order valence-electron chi connectivity index (χ1n) is 10.2. The maximum absolute atomic E-state index is 12.7. The fourth-order valence-electron chi connectivity index (χ4n) is 3.79. The summed E-state index contributed by atoms with van der Waals surface area (Å²) in [5, 5.41) is 0.962. The number of aromatic amines is 1. The standard InChI is InChI=1S/C22H24ClN5O2/c1-2-27(14-19-25-18-9-5-4-8-16(18)21(29)26-19)20-17(23)12-15(13-24-20)22(30)28-10-6-3-7-11-28/h4-5,8-9,12-13H,2-3,6-7,10-11,14H2,1H3,(H,25,26,29). The number of amides is 1. The topological polar surface area (TPSA) is 82.2 Å². The Hall–Kier alpha value is -2.93. The first kappa shape index (κ1) is 20.3. The van der Waals surface area contributed by atoms with Crippen LogP contribution in [-0.4, -0.2) is 45.4 Å². The summed E-state index contributed by atoms with van der Waals surface area (Å²) in [6.07, 6.45) is 4.81. The third-order valence-electron chi connectivity index (χ3n) is 5.40. The van der Waals surface area contributed by atoms with Crippen LogP contribution in [0.2, 0.25) is 5.02 Å². The highest BCUT2D eigenvalue weighted by Gasteiger charge is 2.21. The molecule has 0 atom stereocenters. The van der Waals surface area contributed by atoms with Crippen molar-refractivity contribution in [3.8, 4) is 0 Å². The van der Waals surface area contributed by atoms with E-state index >= 15 is 0 Å². The van der Waals surface area contributed by atoms with E-state index in [1.54, 1.807) is 18.3 Å². The summed E-state index contributed by atoms with van der Waals surface area (Å²) in [6.45, 7) is 4.50. The van der Waals surface area contributed by atoms with Crippen molar-refractivity contribution in [2.24, 2.45) is 0 Å². The highest BCUT2D eigenvalue weighted by Crippen LogP contribution is 2.26. The van der Waals surface area contributed by atoms with Crippen LogP contribution in [0.4, 0.5) is 5.82 Å². The number of anilines is 1. The number of likely N-dealkylation sites (tertiary alicyclic amines) is 1. The number of carbonyl (C=O) groups excluding carboxylic acids is 1. The number of hydrogen-bond donors (Lipinski definition) is 1. The highest BCUT2D eigenvalue weighted by molar-refractivity contribution is 6.33. The van der Waals surface area contributed by atoms with Crippen LogP contribution in [0, 0.1) is 0 Å². The number of benzene rings is 1. The lowest BCUT2D eigenvalue weighted by Gasteiger charge is -2.27. The summed E-state index contributed by atoms with van der Waals surface area (Å²) >= 11 is 6.51. The van der Waals surface area contributed by atoms with Crippen molar-refractivity contribution in [1.82, 2.24) is 19.9 Å². The van der Waals surface area contributed by atoms with Crippen LogP contribution in [0.15, 0.2) is 41.3 Å². The number of aromatic nitrogens is 3. The molecule has 1 aromatic carbocycles. The molecule has 156 valence electrons. The molecule has 1 aliphatic heterocycles. The van der Waals surface area contributed by atoms with Gasteiger partial charge in [-0.3, -0.25) is 9.59 Å². The Bertz CT molecular complexity index is 1120. The monoisotopic (exact) mass is 425 g/mol. The van der Waals surface area contributed by atoms with Crippen LogP contribution >= 0.6 is 11.6 Å². The molecular weight excluding hydrogens is 402 g/mol. The van der Waals surface area contributed by atoms with Crippen molar-refractivity contribution < 1.29 is 4.79 Å². The van der Waals surface area contributed by atoms with Gasteiger partial charge in [0, 0.05) is 25.8 Å². The maximum atomic E-state index is 12.7. The number of nitrogens with one attached hydrogen (secondary N) is 1. The third kappa shape index (κ3) is 4.16. The van der Waals surface area contributed by atoms with Crippen molar-refractivity contribution in [3.63, 3.8) is 0 Å². The van der Waals surface area contributed by atoms with Gasteiger partial charge in [0.2, 0.25) is 0 Å². The van der Waals surface area contributed by atoms with Gasteiger partial charge in [-0.05, 0) is 44.4 Å². The second-order valence-corrected chi connectivity index (χ2v) is 7.83. The number of carbonyl (C=O) groups is 1. The van der Waals surface area contributed by atoms with Gasteiger partial charge in [-0.2, -0.15) is 0 Å². The summed E-state index contributed by atoms with van der Waals surface area (Å²) in [7, 11) is 0. The Labute approximate surface area is 179 Å². The summed E-state index contributed by atoms with van der Waals surface area (Å²) in [6, 6.07) is 8.91. The van der Waals surface area contributed by atoms with Gasteiger partial charge in [0.05, 0.1) is 28.0 Å². The normalized spacial score (nSPS) is 14.1. The number of rotatable bonds is 5. The van der Waals surface area contributed by atoms with Crippen molar-refractivity contribution in [2.75, 3.05) is 24.5 Å². The lowest BCUT2D eigenvalue weighted by Crippen LogP contribution is -2.35. The lowest BCUT2D eigenvalue weighted by atomic mass is 10.1.